The molecule has 0 saturated carbocycles. The summed E-state index contributed by atoms with van der Waals surface area (Å²) in [5.41, 5.74) is 3.64. The van der Waals surface area contributed by atoms with Crippen LogP contribution < -0.4 is 10.2 Å². The predicted octanol–water partition coefficient (Wildman–Crippen LogP) is 4.45. The number of allylic oxidation sites excluding steroid dienone is 5. The van der Waals surface area contributed by atoms with Crippen molar-refractivity contribution in [1.82, 2.24) is 15.5 Å². The molecule has 0 spiro atoms. The minimum atomic E-state index is 0.429. The van der Waals surface area contributed by atoms with E-state index < -0.39 is 0 Å². The maximum Gasteiger partial charge on any atom is 0.0651 e. The second-order valence-electron chi connectivity index (χ2n) is 6.16. The van der Waals surface area contributed by atoms with Crippen LogP contribution in [0.15, 0.2) is 60.9 Å². The molecule has 0 saturated heterocycles. The summed E-state index contributed by atoms with van der Waals surface area (Å²) in [6.07, 6.45) is 12.2. The number of benzene rings is 1. The lowest BCUT2D eigenvalue weighted by Gasteiger charge is -2.33. The highest BCUT2D eigenvalue weighted by atomic mass is 15.2. The highest BCUT2D eigenvalue weighted by Crippen LogP contribution is 2.24. The van der Waals surface area contributed by atoms with E-state index in [1.165, 1.54) is 11.3 Å². The first-order valence-electron chi connectivity index (χ1n) is 9.02. The van der Waals surface area contributed by atoms with Gasteiger partial charge in [0.25, 0.3) is 0 Å². The zero-order valence-corrected chi connectivity index (χ0v) is 15.6. The molecule has 4 nitrogen and oxygen atoms in total. The van der Waals surface area contributed by atoms with Crippen molar-refractivity contribution in [1.29, 1.82) is 0 Å². The standard InChI is InChI=1S/C21H30N4/c1-5-8-17(9-6-2)10-11-20(16-22-4)25(7-3)19-12-13-21-18(14-19)15-23-24-21/h5-6,8-9,12-15,20,22H,1,7,10-11,16H2,2-4H3,(H,23,24)/b9-6-,17-8+. The van der Waals surface area contributed by atoms with E-state index >= 15 is 0 Å². The first-order valence-corrected chi connectivity index (χ1v) is 9.02. The summed E-state index contributed by atoms with van der Waals surface area (Å²) in [6, 6.07) is 6.94. The quantitative estimate of drug-likeness (QED) is 0.629. The van der Waals surface area contributed by atoms with Gasteiger partial charge in [0.1, 0.15) is 0 Å². The second-order valence-corrected chi connectivity index (χ2v) is 6.16. The largest absolute Gasteiger partial charge is 0.368 e. The summed E-state index contributed by atoms with van der Waals surface area (Å²) in [7, 11) is 2.02. The van der Waals surface area contributed by atoms with Crippen LogP contribution in [0.1, 0.15) is 26.7 Å². The Balaban J connectivity index is 2.19. The molecule has 0 radical (unpaired) electrons. The fraction of sp³-hybridized carbons (Fsp3) is 0.381. The van der Waals surface area contributed by atoms with Crippen molar-refractivity contribution in [2.24, 2.45) is 0 Å². The lowest BCUT2D eigenvalue weighted by atomic mass is 10.0. The SMILES string of the molecule is C=C/C=C(\C=C/C)CCC(CNC)N(CC)c1ccc2[nH]ncc2c1. The molecule has 0 fully saturated rings. The number of nitrogens with zero attached hydrogens (tertiary/aromatic N) is 2. The summed E-state index contributed by atoms with van der Waals surface area (Å²) >= 11 is 0. The van der Waals surface area contributed by atoms with Crippen molar-refractivity contribution in [3.8, 4) is 0 Å². The average Bonchev–Trinajstić information content (AvgIpc) is 3.08. The van der Waals surface area contributed by atoms with E-state index in [4.69, 9.17) is 0 Å². The van der Waals surface area contributed by atoms with E-state index in [-0.39, 0.29) is 0 Å². The van der Waals surface area contributed by atoms with E-state index in [0.717, 1.165) is 36.8 Å². The van der Waals surface area contributed by atoms with Crippen LogP contribution in [0.25, 0.3) is 10.9 Å². The third-order valence-electron chi connectivity index (χ3n) is 4.46. The van der Waals surface area contributed by atoms with Gasteiger partial charge in [0.2, 0.25) is 0 Å². The van der Waals surface area contributed by atoms with Gasteiger partial charge in [0, 0.05) is 30.2 Å². The molecule has 0 bridgehead atoms. The molecule has 4 heteroatoms. The van der Waals surface area contributed by atoms with E-state index in [1.807, 2.05) is 19.3 Å². The molecule has 0 amide bonds. The van der Waals surface area contributed by atoms with Gasteiger partial charge in [-0.05, 0) is 57.5 Å². The molecule has 1 atom stereocenters. The molecule has 1 heterocycles. The van der Waals surface area contributed by atoms with Crippen LogP contribution >= 0.6 is 0 Å². The minimum Gasteiger partial charge on any atom is -0.368 e. The first kappa shape index (κ1) is 19.0. The van der Waals surface area contributed by atoms with Crippen molar-refractivity contribution in [3.05, 3.63) is 60.9 Å². The van der Waals surface area contributed by atoms with Crippen molar-refractivity contribution in [2.75, 3.05) is 25.0 Å². The van der Waals surface area contributed by atoms with Crippen molar-refractivity contribution >= 4 is 16.6 Å². The molecule has 1 unspecified atom stereocenters. The van der Waals surface area contributed by atoms with Crippen molar-refractivity contribution in [3.63, 3.8) is 0 Å². The summed E-state index contributed by atoms with van der Waals surface area (Å²) in [4.78, 5) is 2.48. The van der Waals surface area contributed by atoms with Gasteiger partial charge in [-0.2, -0.15) is 5.10 Å². The minimum absolute atomic E-state index is 0.429. The maximum absolute atomic E-state index is 4.13. The Labute approximate surface area is 151 Å². The Morgan fingerprint density at radius 2 is 2.28 bits per heavy atom. The van der Waals surface area contributed by atoms with Gasteiger partial charge >= 0.3 is 0 Å². The van der Waals surface area contributed by atoms with Crippen LogP contribution in [-0.4, -0.2) is 36.4 Å². The number of rotatable bonds is 10. The van der Waals surface area contributed by atoms with E-state index in [0.29, 0.717) is 6.04 Å². The zero-order chi connectivity index (χ0) is 18.1. The van der Waals surface area contributed by atoms with E-state index in [2.05, 4.69) is 77.3 Å². The number of likely N-dealkylation sites (N-methyl/N-ethyl adjacent to an activating group) is 2. The fourth-order valence-electron chi connectivity index (χ4n) is 3.29. The summed E-state index contributed by atoms with van der Waals surface area (Å²) < 4.78 is 0. The molecular formula is C21H30N4. The van der Waals surface area contributed by atoms with E-state index in [1.54, 1.807) is 0 Å². The van der Waals surface area contributed by atoms with Crippen LogP contribution in [0.3, 0.4) is 0 Å². The smallest absolute Gasteiger partial charge is 0.0651 e. The van der Waals surface area contributed by atoms with Gasteiger partial charge in [0.05, 0.1) is 11.7 Å². The Morgan fingerprint density at radius 1 is 1.44 bits per heavy atom. The third-order valence-corrected chi connectivity index (χ3v) is 4.46. The number of aromatic amines is 1. The number of aromatic nitrogens is 2. The number of hydrogen-bond acceptors (Lipinski definition) is 3. The van der Waals surface area contributed by atoms with Gasteiger partial charge in [-0.1, -0.05) is 30.9 Å². The zero-order valence-electron chi connectivity index (χ0n) is 15.6. The summed E-state index contributed by atoms with van der Waals surface area (Å²) in [6.45, 7) is 10.0. The second kappa shape index (κ2) is 9.84. The Bertz CT molecular complexity index is 726. The number of hydrogen-bond donors (Lipinski definition) is 2. The van der Waals surface area contributed by atoms with Crippen LogP contribution in [0.5, 0.6) is 0 Å². The van der Waals surface area contributed by atoms with Crippen LogP contribution in [0.2, 0.25) is 0 Å². The first-order chi connectivity index (χ1) is 12.2. The molecule has 134 valence electrons. The molecule has 1 aromatic heterocycles. The van der Waals surface area contributed by atoms with Crippen molar-refractivity contribution in [2.45, 2.75) is 32.7 Å². The highest BCUT2D eigenvalue weighted by Gasteiger charge is 2.17. The number of nitrogens with one attached hydrogen (secondary N) is 2. The lowest BCUT2D eigenvalue weighted by Crippen LogP contribution is -2.41. The lowest BCUT2D eigenvalue weighted by molar-refractivity contribution is 0.532. The Kier molecular flexibility index (Phi) is 7.48. The van der Waals surface area contributed by atoms with Crippen LogP contribution in [-0.2, 0) is 0 Å². The van der Waals surface area contributed by atoms with Gasteiger partial charge < -0.3 is 10.2 Å². The summed E-state index contributed by atoms with van der Waals surface area (Å²) in [5, 5.41) is 11.7. The van der Waals surface area contributed by atoms with Gasteiger partial charge in [-0.15, -0.1) is 0 Å². The highest BCUT2D eigenvalue weighted by molar-refractivity contribution is 5.82. The van der Waals surface area contributed by atoms with E-state index in [9.17, 15) is 0 Å². The molecular weight excluding hydrogens is 308 g/mol. The average molecular weight is 338 g/mol. The number of H-pyrrole nitrogens is 1. The molecule has 2 aromatic rings. The molecule has 0 aliphatic rings. The van der Waals surface area contributed by atoms with Gasteiger partial charge in [-0.3, -0.25) is 5.10 Å². The van der Waals surface area contributed by atoms with Gasteiger partial charge in [0.15, 0.2) is 0 Å². The number of fused-ring (bicyclic) bond motifs is 1. The molecule has 0 aliphatic heterocycles. The molecule has 0 aliphatic carbocycles. The van der Waals surface area contributed by atoms with Crippen LogP contribution in [0.4, 0.5) is 5.69 Å². The predicted molar refractivity (Wildman–Crippen MR) is 109 cm³/mol. The third kappa shape index (κ3) is 5.07. The monoisotopic (exact) mass is 338 g/mol. The fourth-order valence-corrected chi connectivity index (χ4v) is 3.29. The molecule has 2 N–H and O–H groups in total. The number of anilines is 1. The van der Waals surface area contributed by atoms with Gasteiger partial charge in [-0.25, -0.2) is 0 Å². The Hall–Kier alpha value is -2.33. The normalized spacial score (nSPS) is 13.5. The Morgan fingerprint density at radius 3 is 2.96 bits per heavy atom. The van der Waals surface area contributed by atoms with Crippen LogP contribution in [0, 0.1) is 0 Å². The molecule has 2 rings (SSSR count). The van der Waals surface area contributed by atoms with Crippen molar-refractivity contribution < 1.29 is 0 Å². The maximum atomic E-state index is 4.13. The molecule has 1 aromatic carbocycles. The topological polar surface area (TPSA) is 44.0 Å². The molecule has 25 heavy (non-hydrogen) atoms. The summed E-state index contributed by atoms with van der Waals surface area (Å²) in [5.74, 6) is 0.